The van der Waals surface area contributed by atoms with Gasteiger partial charge in [-0.1, -0.05) is 42.8 Å². The molecule has 0 N–H and O–H groups in total. The van der Waals surface area contributed by atoms with Gasteiger partial charge in [-0.15, -0.1) is 0 Å². The quantitative estimate of drug-likeness (QED) is 0.626. The predicted molar refractivity (Wildman–Crippen MR) is 69.2 cm³/mol. The summed E-state index contributed by atoms with van der Waals surface area (Å²) in [6.07, 6.45) is 1.03. The Labute approximate surface area is 107 Å². The van der Waals surface area contributed by atoms with Crippen molar-refractivity contribution in [3.63, 3.8) is 0 Å². The van der Waals surface area contributed by atoms with Crippen LogP contribution < -0.4 is 0 Å². The molecule has 17 heavy (non-hydrogen) atoms. The Balaban J connectivity index is 3.35. The summed E-state index contributed by atoms with van der Waals surface area (Å²) in [7, 11) is -3.66. The Bertz CT molecular complexity index is 536. The highest BCUT2D eigenvalue weighted by molar-refractivity contribution is 7.94. The van der Waals surface area contributed by atoms with Crippen LogP contribution in [0.5, 0.6) is 0 Å². The second-order valence-corrected chi connectivity index (χ2v) is 7.11. The van der Waals surface area contributed by atoms with E-state index in [9.17, 15) is 13.2 Å². The third-order valence-electron chi connectivity index (χ3n) is 2.77. The third kappa shape index (κ3) is 2.53. The number of carbonyl (C=O) groups is 1. The minimum absolute atomic E-state index is 0.0422. The fraction of sp³-hybridized carbons (Fsp3) is 0.417. The van der Waals surface area contributed by atoms with Crippen molar-refractivity contribution in [2.24, 2.45) is 0 Å². The van der Waals surface area contributed by atoms with Crippen molar-refractivity contribution in [2.75, 3.05) is 6.26 Å². The van der Waals surface area contributed by atoms with Gasteiger partial charge in [-0.2, -0.15) is 0 Å². The first-order chi connectivity index (χ1) is 7.74. The summed E-state index contributed by atoms with van der Waals surface area (Å²) >= 11 is 6.02. The molecule has 1 aromatic carbocycles. The maximum Gasteiger partial charge on any atom is 0.207 e. The molecule has 0 spiro atoms. The minimum atomic E-state index is -3.66. The van der Waals surface area contributed by atoms with Gasteiger partial charge in [0, 0.05) is 11.8 Å². The van der Waals surface area contributed by atoms with Gasteiger partial charge in [0.15, 0.2) is 15.6 Å². The molecule has 1 aromatic rings. The number of hydrogen-bond acceptors (Lipinski definition) is 3. The largest absolute Gasteiger partial charge is 0.291 e. The summed E-state index contributed by atoms with van der Waals surface area (Å²) in [6.45, 7) is 3.34. The third-order valence-corrected chi connectivity index (χ3v) is 5.70. The van der Waals surface area contributed by atoms with Crippen LogP contribution in [-0.2, 0) is 9.84 Å². The zero-order valence-electron chi connectivity index (χ0n) is 10.0. The molecule has 0 bridgehead atoms. The van der Waals surface area contributed by atoms with Crippen LogP contribution in [0.4, 0.5) is 0 Å². The summed E-state index contributed by atoms with van der Waals surface area (Å²) in [6, 6.07) is 6.82. The van der Waals surface area contributed by atoms with Crippen molar-refractivity contribution in [3.05, 3.63) is 35.4 Å². The first kappa shape index (κ1) is 14.2. The fourth-order valence-corrected chi connectivity index (χ4v) is 2.69. The number of aryl methyl sites for hydroxylation is 1. The molecule has 0 aliphatic heterocycles. The van der Waals surface area contributed by atoms with Gasteiger partial charge in [-0.05, 0) is 18.9 Å². The molecule has 0 aromatic heterocycles. The van der Waals surface area contributed by atoms with Gasteiger partial charge >= 0.3 is 0 Å². The van der Waals surface area contributed by atoms with E-state index in [1.807, 2.05) is 0 Å². The molecule has 1 atom stereocenters. The van der Waals surface area contributed by atoms with Gasteiger partial charge in [0.1, 0.15) is 0 Å². The van der Waals surface area contributed by atoms with E-state index in [1.54, 1.807) is 38.1 Å². The highest BCUT2D eigenvalue weighted by atomic mass is 35.5. The molecular weight excluding hydrogens is 260 g/mol. The maximum absolute atomic E-state index is 12.3. The minimum Gasteiger partial charge on any atom is -0.291 e. The lowest BCUT2D eigenvalue weighted by Gasteiger charge is -2.22. The molecule has 0 aliphatic rings. The van der Waals surface area contributed by atoms with Crippen molar-refractivity contribution in [2.45, 2.75) is 24.5 Å². The topological polar surface area (TPSA) is 51.2 Å². The number of alkyl halides is 1. The average molecular weight is 275 g/mol. The summed E-state index contributed by atoms with van der Waals surface area (Å²) in [5.41, 5.74) is 1.08. The molecule has 0 amide bonds. The number of ketones is 1. The number of benzene rings is 1. The van der Waals surface area contributed by atoms with Gasteiger partial charge in [-0.25, -0.2) is 8.42 Å². The van der Waals surface area contributed by atoms with Crippen LogP contribution in [0.25, 0.3) is 0 Å². The van der Waals surface area contributed by atoms with Crippen molar-refractivity contribution in [3.8, 4) is 0 Å². The predicted octanol–water partition coefficient (Wildman–Crippen LogP) is 2.57. The lowest BCUT2D eigenvalue weighted by molar-refractivity contribution is 0.0970. The molecule has 0 aliphatic carbocycles. The number of halogens is 1. The van der Waals surface area contributed by atoms with Crippen molar-refractivity contribution in [1.82, 2.24) is 0 Å². The van der Waals surface area contributed by atoms with E-state index in [4.69, 9.17) is 11.6 Å². The second kappa shape index (κ2) is 4.78. The van der Waals surface area contributed by atoms with Gasteiger partial charge in [0.25, 0.3) is 0 Å². The summed E-state index contributed by atoms with van der Waals surface area (Å²) in [5.74, 6) is -0.553. The number of Topliss-reactive ketones (excluding diaryl/α,β-unsaturated/α-hetero) is 1. The van der Waals surface area contributed by atoms with Crippen LogP contribution in [0.3, 0.4) is 0 Å². The van der Waals surface area contributed by atoms with Gasteiger partial charge in [0.2, 0.25) is 4.21 Å². The van der Waals surface area contributed by atoms with Crippen LogP contribution in [-0.4, -0.2) is 24.7 Å². The average Bonchev–Trinajstić information content (AvgIpc) is 2.26. The van der Waals surface area contributed by atoms with Crippen LogP contribution in [0, 0.1) is 6.92 Å². The highest BCUT2D eigenvalue weighted by Gasteiger charge is 2.45. The smallest absolute Gasteiger partial charge is 0.207 e. The molecule has 0 heterocycles. The molecule has 0 saturated heterocycles. The molecule has 0 saturated carbocycles. The number of sulfone groups is 1. The van der Waals surface area contributed by atoms with E-state index < -0.39 is 19.8 Å². The van der Waals surface area contributed by atoms with Crippen LogP contribution in [0.2, 0.25) is 0 Å². The SMILES string of the molecule is CC[C@@](Cl)(C(=O)c1ccccc1C)S(C)(=O)=O. The van der Waals surface area contributed by atoms with Crippen molar-refractivity contribution < 1.29 is 13.2 Å². The molecule has 5 heteroatoms. The highest BCUT2D eigenvalue weighted by Crippen LogP contribution is 2.31. The lowest BCUT2D eigenvalue weighted by Crippen LogP contribution is -2.40. The number of rotatable bonds is 4. The van der Waals surface area contributed by atoms with E-state index in [-0.39, 0.29) is 6.42 Å². The van der Waals surface area contributed by atoms with Crippen molar-refractivity contribution in [1.29, 1.82) is 0 Å². The molecular formula is C12H15ClO3S. The monoisotopic (exact) mass is 274 g/mol. The van der Waals surface area contributed by atoms with E-state index >= 15 is 0 Å². The maximum atomic E-state index is 12.3. The van der Waals surface area contributed by atoms with Crippen LogP contribution >= 0.6 is 11.6 Å². The van der Waals surface area contributed by atoms with Crippen molar-refractivity contribution >= 4 is 27.2 Å². The van der Waals surface area contributed by atoms with E-state index in [1.165, 1.54) is 0 Å². The lowest BCUT2D eigenvalue weighted by atomic mass is 10.0. The Morgan fingerprint density at radius 3 is 2.29 bits per heavy atom. The Morgan fingerprint density at radius 2 is 1.88 bits per heavy atom. The standard InChI is InChI=1S/C12H15ClO3S/c1-4-12(13,17(3,15)16)11(14)10-8-6-5-7-9(10)2/h5-8H,4H2,1-3H3/t12-/m0/s1. The number of carbonyl (C=O) groups excluding carboxylic acids is 1. The second-order valence-electron chi connectivity index (χ2n) is 4.00. The summed E-state index contributed by atoms with van der Waals surface area (Å²) in [4.78, 5) is 12.3. The molecule has 1 rings (SSSR count). The fourth-order valence-electron chi connectivity index (χ4n) is 1.62. The first-order valence-electron chi connectivity index (χ1n) is 5.23. The van der Waals surface area contributed by atoms with Crippen LogP contribution in [0.1, 0.15) is 29.3 Å². The van der Waals surface area contributed by atoms with Gasteiger partial charge < -0.3 is 0 Å². The Hall–Kier alpha value is -0.870. The van der Waals surface area contributed by atoms with Gasteiger partial charge in [0.05, 0.1) is 0 Å². The van der Waals surface area contributed by atoms with Gasteiger partial charge in [-0.3, -0.25) is 4.79 Å². The summed E-state index contributed by atoms with van der Waals surface area (Å²) < 4.78 is 21.5. The Morgan fingerprint density at radius 1 is 1.35 bits per heavy atom. The number of hydrogen-bond donors (Lipinski definition) is 0. The van der Waals surface area contributed by atoms with E-state index in [0.29, 0.717) is 5.56 Å². The molecule has 0 unspecified atom stereocenters. The molecule has 94 valence electrons. The zero-order valence-corrected chi connectivity index (χ0v) is 11.6. The van der Waals surface area contributed by atoms with E-state index in [0.717, 1.165) is 11.8 Å². The molecule has 0 fully saturated rings. The molecule has 0 radical (unpaired) electrons. The molecule has 3 nitrogen and oxygen atoms in total. The Kier molecular flexibility index (Phi) is 3.99. The van der Waals surface area contributed by atoms with E-state index in [2.05, 4.69) is 0 Å². The zero-order chi connectivity index (χ0) is 13.3. The summed E-state index contributed by atoms with van der Waals surface area (Å²) in [5, 5.41) is 0. The first-order valence-corrected chi connectivity index (χ1v) is 7.50. The normalized spacial score (nSPS) is 15.3. The van der Waals surface area contributed by atoms with Crippen LogP contribution in [0.15, 0.2) is 24.3 Å².